The molecule has 0 saturated heterocycles. The Bertz CT molecular complexity index is 358. The normalized spacial score (nSPS) is 15.0. The van der Waals surface area contributed by atoms with Crippen LogP contribution in [0.25, 0.3) is 0 Å². The summed E-state index contributed by atoms with van der Waals surface area (Å²) in [5, 5.41) is 0. The Hall–Kier alpha value is -0.860. The molecular formula is C15H26N2. The molecule has 0 aliphatic heterocycles. The molecule has 1 aromatic rings. The summed E-state index contributed by atoms with van der Waals surface area (Å²) < 4.78 is 0. The van der Waals surface area contributed by atoms with Crippen molar-refractivity contribution in [1.29, 1.82) is 0 Å². The highest BCUT2D eigenvalue weighted by molar-refractivity contribution is 5.33. The first-order chi connectivity index (χ1) is 7.97. The van der Waals surface area contributed by atoms with Gasteiger partial charge in [0.1, 0.15) is 0 Å². The third kappa shape index (κ3) is 3.55. The topological polar surface area (TPSA) is 29.3 Å². The Balaban J connectivity index is 3.09. The SMILES string of the molecule is Cc1ccc(C)c(C(C(C)CCN)N(C)C)c1. The van der Waals surface area contributed by atoms with Gasteiger partial charge in [-0.15, -0.1) is 0 Å². The van der Waals surface area contributed by atoms with Crippen LogP contribution < -0.4 is 5.73 Å². The maximum atomic E-state index is 5.69. The van der Waals surface area contributed by atoms with Gasteiger partial charge in [0.2, 0.25) is 0 Å². The van der Waals surface area contributed by atoms with E-state index in [2.05, 4.69) is 58.0 Å². The van der Waals surface area contributed by atoms with Crippen molar-refractivity contribution >= 4 is 0 Å². The van der Waals surface area contributed by atoms with E-state index in [4.69, 9.17) is 5.73 Å². The van der Waals surface area contributed by atoms with Crippen LogP contribution in [0, 0.1) is 19.8 Å². The van der Waals surface area contributed by atoms with Gasteiger partial charge in [0, 0.05) is 6.04 Å². The molecule has 0 spiro atoms. The number of benzene rings is 1. The van der Waals surface area contributed by atoms with Crippen molar-refractivity contribution in [2.45, 2.75) is 33.2 Å². The first kappa shape index (κ1) is 14.2. The second kappa shape index (κ2) is 6.18. The van der Waals surface area contributed by atoms with Crippen LogP contribution in [0.15, 0.2) is 18.2 Å². The van der Waals surface area contributed by atoms with E-state index in [0.29, 0.717) is 12.0 Å². The maximum absolute atomic E-state index is 5.69. The van der Waals surface area contributed by atoms with Gasteiger partial charge in [-0.1, -0.05) is 30.7 Å². The van der Waals surface area contributed by atoms with Crippen LogP contribution >= 0.6 is 0 Å². The minimum absolute atomic E-state index is 0.457. The van der Waals surface area contributed by atoms with Crippen molar-refractivity contribution in [2.24, 2.45) is 11.7 Å². The van der Waals surface area contributed by atoms with E-state index in [1.54, 1.807) is 0 Å². The van der Waals surface area contributed by atoms with E-state index in [0.717, 1.165) is 13.0 Å². The van der Waals surface area contributed by atoms with Crippen molar-refractivity contribution in [1.82, 2.24) is 4.90 Å². The van der Waals surface area contributed by atoms with Gasteiger partial charge < -0.3 is 10.6 Å². The standard InChI is InChI=1S/C15H26N2/c1-11-6-7-12(2)14(10-11)15(17(4)5)13(3)8-9-16/h6-7,10,13,15H,8-9,16H2,1-5H3. The number of nitrogens with zero attached hydrogens (tertiary/aromatic N) is 1. The van der Waals surface area contributed by atoms with Gasteiger partial charge in [0.25, 0.3) is 0 Å². The van der Waals surface area contributed by atoms with Crippen molar-refractivity contribution in [3.8, 4) is 0 Å². The van der Waals surface area contributed by atoms with Gasteiger partial charge in [-0.3, -0.25) is 0 Å². The van der Waals surface area contributed by atoms with E-state index in [1.807, 2.05) is 0 Å². The van der Waals surface area contributed by atoms with Crippen LogP contribution in [-0.4, -0.2) is 25.5 Å². The largest absolute Gasteiger partial charge is 0.330 e. The average Bonchev–Trinajstić information content (AvgIpc) is 2.23. The molecular weight excluding hydrogens is 208 g/mol. The lowest BCUT2D eigenvalue weighted by Crippen LogP contribution is -2.28. The molecule has 2 N–H and O–H groups in total. The van der Waals surface area contributed by atoms with Crippen LogP contribution in [0.5, 0.6) is 0 Å². The first-order valence-corrected chi connectivity index (χ1v) is 6.41. The monoisotopic (exact) mass is 234 g/mol. The predicted molar refractivity (Wildman–Crippen MR) is 75.2 cm³/mol. The molecule has 0 amide bonds. The summed E-state index contributed by atoms with van der Waals surface area (Å²) in [4.78, 5) is 2.31. The second-order valence-corrected chi connectivity index (χ2v) is 5.32. The summed E-state index contributed by atoms with van der Waals surface area (Å²) >= 11 is 0. The fourth-order valence-electron chi connectivity index (χ4n) is 2.59. The lowest BCUT2D eigenvalue weighted by atomic mass is 9.88. The minimum Gasteiger partial charge on any atom is -0.330 e. The molecule has 0 radical (unpaired) electrons. The molecule has 17 heavy (non-hydrogen) atoms. The number of rotatable bonds is 5. The van der Waals surface area contributed by atoms with Crippen LogP contribution in [0.1, 0.15) is 36.1 Å². The second-order valence-electron chi connectivity index (χ2n) is 5.32. The highest BCUT2D eigenvalue weighted by Gasteiger charge is 2.22. The van der Waals surface area contributed by atoms with Gasteiger partial charge >= 0.3 is 0 Å². The summed E-state index contributed by atoms with van der Waals surface area (Å²) in [6.07, 6.45) is 1.07. The molecule has 2 atom stereocenters. The molecule has 1 aromatic carbocycles. The van der Waals surface area contributed by atoms with Crippen LogP contribution in [0.4, 0.5) is 0 Å². The lowest BCUT2D eigenvalue weighted by molar-refractivity contribution is 0.216. The summed E-state index contributed by atoms with van der Waals surface area (Å²) in [7, 11) is 4.30. The zero-order valence-corrected chi connectivity index (χ0v) is 11.8. The number of nitrogens with two attached hydrogens (primary N) is 1. The Kier molecular flexibility index (Phi) is 5.16. The summed E-state index contributed by atoms with van der Waals surface area (Å²) in [6.45, 7) is 7.40. The average molecular weight is 234 g/mol. The van der Waals surface area contributed by atoms with Gasteiger partial charge in [0.15, 0.2) is 0 Å². The molecule has 1 rings (SSSR count). The molecule has 0 aromatic heterocycles. The lowest BCUT2D eigenvalue weighted by Gasteiger charge is -2.32. The van der Waals surface area contributed by atoms with Gasteiger partial charge in [-0.25, -0.2) is 0 Å². The Morgan fingerprint density at radius 1 is 1.24 bits per heavy atom. The zero-order chi connectivity index (χ0) is 13.0. The number of hydrogen-bond donors (Lipinski definition) is 1. The van der Waals surface area contributed by atoms with Crippen molar-refractivity contribution in [3.05, 3.63) is 34.9 Å². The van der Waals surface area contributed by atoms with E-state index < -0.39 is 0 Å². The molecule has 0 aliphatic rings. The summed E-state index contributed by atoms with van der Waals surface area (Å²) in [5.74, 6) is 0.579. The van der Waals surface area contributed by atoms with E-state index in [-0.39, 0.29) is 0 Å². The Labute approximate surface area is 106 Å². The summed E-state index contributed by atoms with van der Waals surface area (Å²) in [5.41, 5.74) is 9.84. The molecule has 96 valence electrons. The Morgan fingerprint density at radius 3 is 2.41 bits per heavy atom. The van der Waals surface area contributed by atoms with Gasteiger partial charge in [-0.05, 0) is 58.0 Å². The van der Waals surface area contributed by atoms with Gasteiger partial charge in [0.05, 0.1) is 0 Å². The zero-order valence-electron chi connectivity index (χ0n) is 11.8. The predicted octanol–water partition coefficient (Wildman–Crippen LogP) is 2.89. The number of hydrogen-bond acceptors (Lipinski definition) is 2. The minimum atomic E-state index is 0.457. The van der Waals surface area contributed by atoms with E-state index in [1.165, 1.54) is 16.7 Å². The third-order valence-corrected chi connectivity index (χ3v) is 3.47. The van der Waals surface area contributed by atoms with Crippen LogP contribution in [0.3, 0.4) is 0 Å². The molecule has 2 unspecified atom stereocenters. The highest BCUT2D eigenvalue weighted by Crippen LogP contribution is 2.31. The number of aryl methyl sites for hydroxylation is 2. The Morgan fingerprint density at radius 2 is 1.88 bits per heavy atom. The molecule has 0 aliphatic carbocycles. The fraction of sp³-hybridized carbons (Fsp3) is 0.600. The third-order valence-electron chi connectivity index (χ3n) is 3.47. The van der Waals surface area contributed by atoms with Crippen LogP contribution in [-0.2, 0) is 0 Å². The van der Waals surface area contributed by atoms with E-state index >= 15 is 0 Å². The highest BCUT2D eigenvalue weighted by atomic mass is 15.1. The van der Waals surface area contributed by atoms with E-state index in [9.17, 15) is 0 Å². The van der Waals surface area contributed by atoms with Crippen molar-refractivity contribution in [2.75, 3.05) is 20.6 Å². The first-order valence-electron chi connectivity index (χ1n) is 6.41. The molecule has 0 saturated carbocycles. The maximum Gasteiger partial charge on any atom is 0.0370 e. The summed E-state index contributed by atoms with van der Waals surface area (Å²) in [6, 6.07) is 7.17. The molecule has 0 heterocycles. The smallest absolute Gasteiger partial charge is 0.0370 e. The fourth-order valence-corrected chi connectivity index (χ4v) is 2.59. The molecule has 2 heteroatoms. The molecule has 0 bridgehead atoms. The molecule has 2 nitrogen and oxygen atoms in total. The molecule has 0 fully saturated rings. The van der Waals surface area contributed by atoms with Crippen molar-refractivity contribution < 1.29 is 0 Å². The van der Waals surface area contributed by atoms with Crippen molar-refractivity contribution in [3.63, 3.8) is 0 Å². The van der Waals surface area contributed by atoms with Gasteiger partial charge in [-0.2, -0.15) is 0 Å². The van der Waals surface area contributed by atoms with Crippen LogP contribution in [0.2, 0.25) is 0 Å². The quantitative estimate of drug-likeness (QED) is 0.849.